The Balaban J connectivity index is 0.000000174. The molecule has 1 aromatic carbocycles. The Bertz CT molecular complexity index is 1100. The molecular weight excluding hydrogens is 454 g/mol. The van der Waals surface area contributed by atoms with Crippen LogP contribution in [0.1, 0.15) is 49.0 Å². The number of nitrogens with one attached hydrogen (secondary N) is 1. The van der Waals surface area contributed by atoms with Crippen molar-refractivity contribution in [3.05, 3.63) is 48.3 Å². The third-order valence-electron chi connectivity index (χ3n) is 7.21. The summed E-state index contributed by atoms with van der Waals surface area (Å²) in [5.74, 6) is -0.429. The maximum absolute atomic E-state index is 11.0. The lowest BCUT2D eigenvalue weighted by atomic mass is 10.0. The highest BCUT2D eigenvalue weighted by atomic mass is 16.5. The van der Waals surface area contributed by atoms with Crippen molar-refractivity contribution in [2.24, 2.45) is 5.73 Å². The van der Waals surface area contributed by atoms with Crippen molar-refractivity contribution in [1.82, 2.24) is 19.8 Å². The Hall–Kier alpha value is -2.94. The zero-order valence-corrected chi connectivity index (χ0v) is 21.3. The van der Waals surface area contributed by atoms with E-state index < -0.39 is 5.97 Å². The molecule has 194 valence electrons. The van der Waals surface area contributed by atoms with E-state index in [4.69, 9.17) is 15.6 Å². The highest BCUT2D eigenvalue weighted by Crippen LogP contribution is 2.29. The average molecular weight is 494 g/mol. The zero-order valence-electron chi connectivity index (χ0n) is 21.3. The van der Waals surface area contributed by atoms with E-state index in [1.807, 2.05) is 24.3 Å². The Kier molecular flexibility index (Phi) is 9.33. The molecule has 2 saturated heterocycles. The van der Waals surface area contributed by atoms with Gasteiger partial charge in [0, 0.05) is 47.9 Å². The number of ether oxygens (including phenoxy) is 1. The number of aromatic carboxylic acids is 1. The van der Waals surface area contributed by atoms with Gasteiger partial charge in [-0.25, -0.2) is 9.78 Å². The van der Waals surface area contributed by atoms with Crippen LogP contribution in [0.5, 0.6) is 5.88 Å². The van der Waals surface area contributed by atoms with Crippen molar-refractivity contribution in [2.75, 3.05) is 46.4 Å². The summed E-state index contributed by atoms with van der Waals surface area (Å²) in [6, 6.07) is 11.4. The lowest BCUT2D eigenvalue weighted by molar-refractivity contribution is 0.0691. The van der Waals surface area contributed by atoms with E-state index in [0.29, 0.717) is 11.9 Å². The molecule has 4 heterocycles. The summed E-state index contributed by atoms with van der Waals surface area (Å²) in [7, 11) is 1.56. The van der Waals surface area contributed by atoms with Gasteiger partial charge in [0.15, 0.2) is 0 Å². The van der Waals surface area contributed by atoms with Gasteiger partial charge in [0.05, 0.1) is 7.11 Å². The predicted molar refractivity (Wildman–Crippen MR) is 144 cm³/mol. The Morgan fingerprint density at radius 1 is 1.06 bits per heavy atom. The van der Waals surface area contributed by atoms with Gasteiger partial charge < -0.3 is 30.4 Å². The molecule has 5 rings (SSSR count). The van der Waals surface area contributed by atoms with E-state index in [1.54, 1.807) is 25.4 Å². The molecule has 8 heteroatoms. The van der Waals surface area contributed by atoms with Crippen LogP contribution in [0.4, 0.5) is 0 Å². The first-order valence-electron chi connectivity index (χ1n) is 13.1. The summed E-state index contributed by atoms with van der Waals surface area (Å²) in [6.07, 6.45) is 9.79. The molecule has 2 aromatic heterocycles. The monoisotopic (exact) mass is 493 g/mol. The molecule has 3 aromatic rings. The number of rotatable bonds is 6. The molecule has 2 aliphatic heterocycles. The van der Waals surface area contributed by atoms with Gasteiger partial charge in [0.2, 0.25) is 5.88 Å². The number of hydrogen-bond donors (Lipinski definition) is 3. The second-order valence-corrected chi connectivity index (χ2v) is 9.78. The first kappa shape index (κ1) is 26.1. The van der Waals surface area contributed by atoms with Gasteiger partial charge in [0.25, 0.3) is 0 Å². The number of fused-ring (bicyclic) bond motifs is 1. The standard InChI is InChI=1S/C15H12N2O3.C13H27N3/c1-20-14-6-5-9(8-16-14)10-3-2-4-12-11(10)7-13(17-12)15(18)19;14-13-5-9-16(10-6-13)12-11-15-7-3-1-2-4-8-15/h2-8,17H,1H3,(H,18,19);13H,1-12,14H2. The molecule has 36 heavy (non-hydrogen) atoms. The average Bonchev–Trinajstić information content (AvgIpc) is 3.19. The number of hydrogen-bond acceptors (Lipinski definition) is 6. The first-order chi connectivity index (χ1) is 17.5. The molecule has 8 nitrogen and oxygen atoms in total. The summed E-state index contributed by atoms with van der Waals surface area (Å²) in [6.45, 7) is 7.62. The highest BCUT2D eigenvalue weighted by Gasteiger charge is 2.17. The number of piperidine rings is 1. The van der Waals surface area contributed by atoms with Crippen LogP contribution in [0, 0.1) is 0 Å². The number of benzene rings is 1. The summed E-state index contributed by atoms with van der Waals surface area (Å²) in [5.41, 5.74) is 8.72. The van der Waals surface area contributed by atoms with Crippen LogP contribution in [0.2, 0.25) is 0 Å². The van der Waals surface area contributed by atoms with Gasteiger partial charge in [-0.05, 0) is 75.6 Å². The quantitative estimate of drug-likeness (QED) is 0.472. The number of carboxylic acids is 1. The van der Waals surface area contributed by atoms with E-state index in [0.717, 1.165) is 22.0 Å². The van der Waals surface area contributed by atoms with Crippen molar-refractivity contribution in [2.45, 2.75) is 44.6 Å². The van der Waals surface area contributed by atoms with Crippen LogP contribution in [0.3, 0.4) is 0 Å². The number of nitrogens with two attached hydrogens (primary N) is 1. The molecular formula is C28H39N5O3. The van der Waals surface area contributed by atoms with Gasteiger partial charge in [0.1, 0.15) is 5.69 Å². The third kappa shape index (κ3) is 7.06. The van der Waals surface area contributed by atoms with Crippen molar-refractivity contribution in [1.29, 1.82) is 0 Å². The molecule has 0 atom stereocenters. The van der Waals surface area contributed by atoms with Gasteiger partial charge in [-0.1, -0.05) is 25.0 Å². The van der Waals surface area contributed by atoms with Gasteiger partial charge in [-0.15, -0.1) is 0 Å². The van der Waals surface area contributed by atoms with Gasteiger partial charge in [-0.3, -0.25) is 0 Å². The number of H-pyrrole nitrogens is 1. The molecule has 2 fully saturated rings. The molecule has 0 saturated carbocycles. The summed E-state index contributed by atoms with van der Waals surface area (Å²) < 4.78 is 5.03. The Morgan fingerprint density at radius 2 is 1.75 bits per heavy atom. The summed E-state index contributed by atoms with van der Waals surface area (Å²) >= 11 is 0. The van der Waals surface area contributed by atoms with Crippen LogP contribution in [-0.4, -0.2) is 83.3 Å². The topological polar surface area (TPSA) is 108 Å². The molecule has 0 amide bonds. The van der Waals surface area contributed by atoms with Crippen molar-refractivity contribution in [3.63, 3.8) is 0 Å². The van der Waals surface area contributed by atoms with E-state index >= 15 is 0 Å². The van der Waals surface area contributed by atoms with Gasteiger partial charge in [-0.2, -0.15) is 0 Å². The van der Waals surface area contributed by atoms with Crippen LogP contribution in [0.15, 0.2) is 42.6 Å². The molecule has 0 spiro atoms. The number of carbonyl (C=O) groups is 1. The van der Waals surface area contributed by atoms with E-state index in [1.165, 1.54) is 77.8 Å². The predicted octanol–water partition coefficient (Wildman–Crippen LogP) is 4.22. The molecule has 4 N–H and O–H groups in total. The minimum absolute atomic E-state index is 0.175. The van der Waals surface area contributed by atoms with E-state index in [2.05, 4.69) is 19.8 Å². The fourth-order valence-electron chi connectivity index (χ4n) is 5.00. The van der Waals surface area contributed by atoms with Crippen LogP contribution in [-0.2, 0) is 0 Å². The summed E-state index contributed by atoms with van der Waals surface area (Å²) in [4.78, 5) is 23.3. The minimum Gasteiger partial charge on any atom is -0.481 e. The largest absolute Gasteiger partial charge is 0.481 e. The maximum atomic E-state index is 11.0. The number of carboxylic acid groups (broad SMARTS) is 1. The number of methoxy groups -OCH3 is 1. The third-order valence-corrected chi connectivity index (χ3v) is 7.21. The molecule has 0 radical (unpaired) electrons. The smallest absolute Gasteiger partial charge is 0.352 e. The van der Waals surface area contributed by atoms with Crippen molar-refractivity contribution < 1.29 is 14.6 Å². The Morgan fingerprint density at radius 3 is 2.36 bits per heavy atom. The highest BCUT2D eigenvalue weighted by molar-refractivity contribution is 6.00. The van der Waals surface area contributed by atoms with Crippen molar-refractivity contribution >= 4 is 16.9 Å². The van der Waals surface area contributed by atoms with Crippen molar-refractivity contribution in [3.8, 4) is 17.0 Å². The van der Waals surface area contributed by atoms with E-state index in [9.17, 15) is 4.79 Å². The fraction of sp³-hybridized carbons (Fsp3) is 0.500. The van der Waals surface area contributed by atoms with Gasteiger partial charge >= 0.3 is 5.97 Å². The maximum Gasteiger partial charge on any atom is 0.352 e. The number of aromatic amines is 1. The molecule has 0 unspecified atom stereocenters. The SMILES string of the molecule is COc1ccc(-c2cccc3[nH]c(C(=O)O)cc23)cn1.NC1CCN(CCN2CCCCCC2)CC1. The van der Waals surface area contributed by atoms with Crippen LogP contribution < -0.4 is 10.5 Å². The molecule has 0 bridgehead atoms. The Labute approximate surface area is 213 Å². The first-order valence-corrected chi connectivity index (χ1v) is 13.1. The summed E-state index contributed by atoms with van der Waals surface area (Å²) in [5, 5.41) is 9.91. The normalized spacial score (nSPS) is 17.8. The number of nitrogens with zero attached hydrogens (tertiary/aromatic N) is 3. The lowest BCUT2D eigenvalue weighted by Crippen LogP contribution is -2.43. The van der Waals surface area contributed by atoms with E-state index in [-0.39, 0.29) is 5.69 Å². The van der Waals surface area contributed by atoms with Crippen LogP contribution in [0.25, 0.3) is 22.0 Å². The lowest BCUT2D eigenvalue weighted by Gasteiger charge is -2.32. The number of aromatic nitrogens is 2. The zero-order chi connectivity index (χ0) is 25.3. The number of pyridine rings is 1. The second kappa shape index (κ2) is 12.9. The second-order valence-electron chi connectivity index (χ2n) is 9.78. The molecule has 0 aliphatic carbocycles. The minimum atomic E-state index is -0.972. The molecule has 2 aliphatic rings. The van der Waals surface area contributed by atoms with Crippen LogP contribution >= 0.6 is 0 Å². The fourth-order valence-corrected chi connectivity index (χ4v) is 5.00. The number of likely N-dealkylation sites (tertiary alicyclic amines) is 2.